The van der Waals surface area contributed by atoms with Crippen LogP contribution in [0.15, 0.2) is 47.3 Å². The van der Waals surface area contributed by atoms with Gasteiger partial charge in [-0.25, -0.2) is 4.98 Å². The maximum Gasteiger partial charge on any atom is 0.308 e. The number of aliphatic carboxylic acids is 1. The Kier molecular flexibility index (Phi) is 4.63. The van der Waals surface area contributed by atoms with Gasteiger partial charge in [-0.3, -0.25) is 9.59 Å². The molecule has 2 heterocycles. The highest BCUT2D eigenvalue weighted by Crippen LogP contribution is 2.34. The van der Waals surface area contributed by atoms with E-state index in [-0.39, 0.29) is 24.1 Å². The molecule has 0 unspecified atom stereocenters. The number of para-hydroxylation sites is 1. The van der Waals surface area contributed by atoms with Gasteiger partial charge in [-0.1, -0.05) is 41.4 Å². The Balaban J connectivity index is 1.90. The molecule has 0 amide bonds. The minimum Gasteiger partial charge on any atom is -0.481 e. The van der Waals surface area contributed by atoms with E-state index in [9.17, 15) is 9.59 Å². The zero-order valence-corrected chi connectivity index (χ0v) is 16.1. The van der Waals surface area contributed by atoms with Crippen LogP contribution < -0.4 is 5.56 Å². The van der Waals surface area contributed by atoms with E-state index in [1.54, 1.807) is 22.8 Å². The van der Waals surface area contributed by atoms with Gasteiger partial charge >= 0.3 is 5.97 Å². The number of pyridine rings is 1. The number of thiazole rings is 1. The van der Waals surface area contributed by atoms with Crippen LogP contribution in [0.2, 0.25) is 10.0 Å². The van der Waals surface area contributed by atoms with E-state index in [4.69, 9.17) is 28.3 Å². The van der Waals surface area contributed by atoms with Gasteiger partial charge in [0.2, 0.25) is 0 Å². The average Bonchev–Trinajstić information content (AvgIpc) is 3.07. The van der Waals surface area contributed by atoms with E-state index < -0.39 is 5.97 Å². The Morgan fingerprint density at radius 1 is 1.15 bits per heavy atom. The van der Waals surface area contributed by atoms with Gasteiger partial charge in [0.05, 0.1) is 33.2 Å². The molecule has 4 aromatic rings. The highest BCUT2D eigenvalue weighted by molar-refractivity contribution is 7.19. The Labute approximate surface area is 167 Å². The Bertz CT molecular complexity index is 1220. The van der Waals surface area contributed by atoms with Gasteiger partial charge in [0, 0.05) is 5.56 Å². The van der Waals surface area contributed by atoms with E-state index in [1.807, 2.05) is 24.3 Å². The van der Waals surface area contributed by atoms with Crippen LogP contribution in [0.25, 0.3) is 21.1 Å². The molecule has 0 radical (unpaired) electrons. The number of hydrogen-bond acceptors (Lipinski definition) is 4. The van der Waals surface area contributed by atoms with Gasteiger partial charge in [-0.05, 0) is 29.7 Å². The summed E-state index contributed by atoms with van der Waals surface area (Å²) in [6, 6.07) is 12.4. The largest absolute Gasteiger partial charge is 0.481 e. The number of halogens is 2. The first-order valence-electron chi connectivity index (χ1n) is 8.00. The van der Waals surface area contributed by atoms with Crippen molar-refractivity contribution in [3.8, 4) is 0 Å². The van der Waals surface area contributed by atoms with Crippen molar-refractivity contribution in [1.82, 2.24) is 9.55 Å². The highest BCUT2D eigenvalue weighted by Gasteiger charge is 2.15. The van der Waals surface area contributed by atoms with Gasteiger partial charge in [0.25, 0.3) is 5.56 Å². The highest BCUT2D eigenvalue weighted by atomic mass is 35.5. The lowest BCUT2D eigenvalue weighted by molar-refractivity contribution is -0.136. The molecular formula is C19H12Cl2N2O3S. The Morgan fingerprint density at radius 2 is 1.89 bits per heavy atom. The van der Waals surface area contributed by atoms with Crippen LogP contribution in [0, 0.1) is 0 Å². The van der Waals surface area contributed by atoms with Gasteiger partial charge in [0.15, 0.2) is 0 Å². The third-order valence-electron chi connectivity index (χ3n) is 4.20. The predicted octanol–water partition coefficient (Wildman–Crippen LogP) is 4.59. The second kappa shape index (κ2) is 6.96. The maximum absolute atomic E-state index is 12.9. The van der Waals surface area contributed by atoms with E-state index >= 15 is 0 Å². The number of rotatable bonds is 4. The predicted molar refractivity (Wildman–Crippen MR) is 108 cm³/mol. The van der Waals surface area contributed by atoms with Crippen LogP contribution in [-0.4, -0.2) is 20.6 Å². The summed E-state index contributed by atoms with van der Waals surface area (Å²) in [7, 11) is 0. The fraction of sp³-hybridized carbons (Fsp3) is 0.105. The van der Waals surface area contributed by atoms with E-state index in [0.29, 0.717) is 26.1 Å². The van der Waals surface area contributed by atoms with Crippen molar-refractivity contribution in [1.29, 1.82) is 0 Å². The normalized spacial score (nSPS) is 11.3. The molecule has 0 fully saturated rings. The van der Waals surface area contributed by atoms with Gasteiger partial charge < -0.3 is 9.67 Å². The molecule has 0 aliphatic rings. The van der Waals surface area contributed by atoms with Crippen LogP contribution in [0.4, 0.5) is 0 Å². The summed E-state index contributed by atoms with van der Waals surface area (Å²) in [5, 5.41) is 11.6. The summed E-state index contributed by atoms with van der Waals surface area (Å²) in [6.07, 6.45) is -0.332. The second-order valence-electron chi connectivity index (χ2n) is 6.00. The number of carboxylic acid groups (broad SMARTS) is 1. The number of aromatic nitrogens is 2. The third kappa shape index (κ3) is 3.32. The van der Waals surface area contributed by atoms with Crippen molar-refractivity contribution >= 4 is 61.6 Å². The number of nitrogens with zero attached hydrogens (tertiary/aromatic N) is 2. The van der Waals surface area contributed by atoms with E-state index in [1.165, 1.54) is 11.3 Å². The summed E-state index contributed by atoms with van der Waals surface area (Å²) in [4.78, 5) is 28.6. The van der Waals surface area contributed by atoms with Crippen LogP contribution in [0.3, 0.4) is 0 Å². The first-order chi connectivity index (χ1) is 12.9. The topological polar surface area (TPSA) is 72.2 Å². The van der Waals surface area contributed by atoms with Crippen LogP contribution in [0.1, 0.15) is 10.6 Å². The van der Waals surface area contributed by atoms with E-state index in [0.717, 1.165) is 10.1 Å². The standard InChI is InChI=1S/C19H12Cl2N2O3S/c20-12-5-6-13(21)18-17(12)22-15(27-18)9-23-14-4-2-1-3-10(14)7-11(19(23)26)8-16(24)25/h1-7H,8-9H2,(H,24,25). The molecule has 0 atom stereocenters. The number of fused-ring (bicyclic) bond motifs is 2. The molecule has 5 nitrogen and oxygen atoms in total. The van der Waals surface area contributed by atoms with Crippen molar-refractivity contribution in [2.75, 3.05) is 0 Å². The lowest BCUT2D eigenvalue weighted by atomic mass is 10.1. The van der Waals surface area contributed by atoms with Crippen LogP contribution in [0.5, 0.6) is 0 Å². The maximum atomic E-state index is 12.9. The minimum absolute atomic E-state index is 0.207. The van der Waals surface area contributed by atoms with Crippen molar-refractivity contribution in [3.63, 3.8) is 0 Å². The van der Waals surface area contributed by atoms with Gasteiger partial charge in [0.1, 0.15) is 10.5 Å². The molecule has 136 valence electrons. The average molecular weight is 419 g/mol. The molecule has 0 bridgehead atoms. The smallest absolute Gasteiger partial charge is 0.308 e. The van der Waals surface area contributed by atoms with Crippen molar-refractivity contribution < 1.29 is 9.90 Å². The molecular weight excluding hydrogens is 407 g/mol. The molecule has 0 aliphatic heterocycles. The SMILES string of the molecule is O=C(O)Cc1cc2ccccc2n(Cc2nc3c(Cl)ccc(Cl)c3s2)c1=O. The number of hydrogen-bond donors (Lipinski definition) is 1. The Morgan fingerprint density at radius 3 is 2.63 bits per heavy atom. The summed E-state index contributed by atoms with van der Waals surface area (Å²) in [6.45, 7) is 0.207. The van der Waals surface area contributed by atoms with Gasteiger partial charge in [-0.15, -0.1) is 11.3 Å². The van der Waals surface area contributed by atoms with Crippen molar-refractivity contribution in [3.05, 3.63) is 73.4 Å². The third-order valence-corrected chi connectivity index (χ3v) is 6.01. The molecule has 0 saturated heterocycles. The molecule has 2 aromatic heterocycles. The molecule has 27 heavy (non-hydrogen) atoms. The monoisotopic (exact) mass is 418 g/mol. The summed E-state index contributed by atoms with van der Waals surface area (Å²) >= 11 is 13.8. The van der Waals surface area contributed by atoms with Crippen LogP contribution >= 0.6 is 34.5 Å². The van der Waals surface area contributed by atoms with Crippen LogP contribution in [-0.2, 0) is 17.8 Å². The molecule has 1 N–H and O–H groups in total. The van der Waals surface area contributed by atoms with Crippen molar-refractivity contribution in [2.45, 2.75) is 13.0 Å². The zero-order chi connectivity index (χ0) is 19.1. The van der Waals surface area contributed by atoms with Gasteiger partial charge in [-0.2, -0.15) is 0 Å². The fourth-order valence-electron chi connectivity index (χ4n) is 3.03. The molecule has 8 heteroatoms. The minimum atomic E-state index is -1.05. The zero-order valence-electron chi connectivity index (χ0n) is 13.8. The van der Waals surface area contributed by atoms with Crippen molar-refractivity contribution in [2.24, 2.45) is 0 Å². The van der Waals surface area contributed by atoms with E-state index in [2.05, 4.69) is 4.98 Å². The Hall–Kier alpha value is -2.41. The molecule has 0 spiro atoms. The summed E-state index contributed by atoms with van der Waals surface area (Å²) < 4.78 is 2.31. The fourth-order valence-corrected chi connectivity index (χ4v) is 4.53. The second-order valence-corrected chi connectivity index (χ2v) is 7.90. The molecule has 0 aliphatic carbocycles. The lowest BCUT2D eigenvalue weighted by Gasteiger charge is -2.11. The first kappa shape index (κ1) is 18.0. The number of benzene rings is 2. The quantitative estimate of drug-likeness (QED) is 0.525. The summed E-state index contributed by atoms with van der Waals surface area (Å²) in [5.41, 5.74) is 1.21. The molecule has 4 rings (SSSR count). The first-order valence-corrected chi connectivity index (χ1v) is 9.58. The molecule has 0 saturated carbocycles. The number of carboxylic acids is 1. The lowest BCUT2D eigenvalue weighted by Crippen LogP contribution is -2.26. The molecule has 2 aromatic carbocycles. The summed E-state index contributed by atoms with van der Waals surface area (Å²) in [5.74, 6) is -1.05. The number of carbonyl (C=O) groups is 1.